The number of rotatable bonds is 11. The van der Waals surface area contributed by atoms with E-state index in [-0.39, 0.29) is 0 Å². The van der Waals surface area contributed by atoms with Gasteiger partial charge in [0.25, 0.3) is 0 Å². The molecule has 0 aliphatic carbocycles. The van der Waals surface area contributed by atoms with Gasteiger partial charge in [-0.3, -0.25) is 0 Å². The predicted octanol–water partition coefficient (Wildman–Crippen LogP) is 4.20. The Balaban J connectivity index is 1.86. The highest BCUT2D eigenvalue weighted by molar-refractivity contribution is 6.20. The van der Waals surface area contributed by atoms with Crippen LogP contribution in [0, 0.1) is 0 Å². The van der Waals surface area contributed by atoms with Crippen LogP contribution in [0.2, 0.25) is 0 Å². The zero-order valence-electron chi connectivity index (χ0n) is 12.7. The fourth-order valence-corrected chi connectivity index (χ4v) is 3.33. The van der Waals surface area contributed by atoms with Crippen molar-refractivity contribution >= 4 is 11.6 Å². The highest BCUT2D eigenvalue weighted by atomic mass is 35.5. The molecule has 3 heteroatoms. The Morgan fingerprint density at radius 2 is 1.74 bits per heavy atom. The first-order valence-electron chi connectivity index (χ1n) is 8.35. The number of halogens is 1. The first-order chi connectivity index (χ1) is 9.22. The number of nitrogens with two attached hydrogens (primary N) is 1. The van der Waals surface area contributed by atoms with Crippen LogP contribution < -0.4 is 11.1 Å². The summed E-state index contributed by atoms with van der Waals surface area (Å²) in [5.74, 6) is 0. The average Bonchev–Trinajstić information content (AvgIpc) is 2.78. The molecule has 0 bridgehead atoms. The maximum atomic E-state index is 6.41. The minimum Gasteiger partial charge on any atom is -0.326 e. The van der Waals surface area contributed by atoms with Crippen LogP contribution in [0.25, 0.3) is 0 Å². The second-order valence-electron chi connectivity index (χ2n) is 6.20. The Morgan fingerprint density at radius 1 is 1.11 bits per heavy atom. The van der Waals surface area contributed by atoms with Crippen molar-refractivity contribution in [2.45, 2.75) is 95.0 Å². The molecule has 1 fully saturated rings. The van der Waals surface area contributed by atoms with Gasteiger partial charge in [0.05, 0.1) is 0 Å². The first-order valence-corrected chi connectivity index (χ1v) is 8.79. The number of alkyl halides is 1. The third-order valence-corrected chi connectivity index (χ3v) is 4.56. The van der Waals surface area contributed by atoms with Gasteiger partial charge in [0.2, 0.25) is 0 Å². The highest BCUT2D eigenvalue weighted by Crippen LogP contribution is 2.19. The monoisotopic (exact) mass is 288 g/mol. The maximum absolute atomic E-state index is 6.41. The van der Waals surface area contributed by atoms with E-state index in [1.54, 1.807) is 0 Å². The molecule has 1 aliphatic heterocycles. The lowest BCUT2D eigenvalue weighted by atomic mass is 10.0. The van der Waals surface area contributed by atoms with Crippen molar-refractivity contribution in [1.29, 1.82) is 0 Å². The quantitative estimate of drug-likeness (QED) is 0.442. The Labute approximate surface area is 124 Å². The molecule has 0 spiro atoms. The Hall–Kier alpha value is 0.210. The normalized spacial score (nSPS) is 24.8. The van der Waals surface area contributed by atoms with Gasteiger partial charge in [-0.05, 0) is 19.3 Å². The third kappa shape index (κ3) is 8.88. The van der Waals surface area contributed by atoms with Crippen LogP contribution in [0.1, 0.15) is 77.6 Å². The molecule has 1 aliphatic rings. The van der Waals surface area contributed by atoms with E-state index in [4.69, 9.17) is 17.3 Å². The predicted molar refractivity (Wildman–Crippen MR) is 85.9 cm³/mol. The third-order valence-electron chi connectivity index (χ3n) is 4.17. The summed E-state index contributed by atoms with van der Waals surface area (Å²) in [6.45, 7) is 3.23. The molecule has 3 unspecified atom stereocenters. The summed E-state index contributed by atoms with van der Waals surface area (Å²) in [6.07, 6.45) is 14.4. The molecule has 3 atom stereocenters. The van der Waals surface area contributed by atoms with Gasteiger partial charge in [0, 0.05) is 24.0 Å². The molecule has 2 nitrogen and oxygen atoms in total. The largest absolute Gasteiger partial charge is 0.326 e. The lowest BCUT2D eigenvalue weighted by Crippen LogP contribution is -2.25. The van der Waals surface area contributed by atoms with E-state index in [1.807, 2.05) is 0 Å². The van der Waals surface area contributed by atoms with Crippen molar-refractivity contribution in [3.63, 3.8) is 0 Å². The van der Waals surface area contributed by atoms with Crippen molar-refractivity contribution in [2.24, 2.45) is 5.73 Å². The molecule has 1 heterocycles. The van der Waals surface area contributed by atoms with Crippen molar-refractivity contribution in [3.8, 4) is 0 Å². The zero-order valence-corrected chi connectivity index (χ0v) is 13.4. The van der Waals surface area contributed by atoms with Gasteiger partial charge in [-0.15, -0.1) is 11.6 Å². The van der Waals surface area contributed by atoms with E-state index in [9.17, 15) is 0 Å². The summed E-state index contributed by atoms with van der Waals surface area (Å²) < 4.78 is 0. The number of nitrogens with one attached hydrogen (secondary N) is 1. The molecule has 3 N–H and O–H groups in total. The second kappa shape index (κ2) is 10.9. The average molecular weight is 289 g/mol. The van der Waals surface area contributed by atoms with Gasteiger partial charge in [-0.25, -0.2) is 0 Å². The van der Waals surface area contributed by atoms with E-state index in [0.717, 1.165) is 19.4 Å². The smallest absolute Gasteiger partial charge is 0.0350 e. The van der Waals surface area contributed by atoms with Crippen LogP contribution >= 0.6 is 11.6 Å². The topological polar surface area (TPSA) is 38.0 Å². The van der Waals surface area contributed by atoms with Crippen molar-refractivity contribution in [2.75, 3.05) is 6.54 Å². The van der Waals surface area contributed by atoms with Gasteiger partial charge in [0.1, 0.15) is 0 Å². The van der Waals surface area contributed by atoms with Crippen LogP contribution in [0.5, 0.6) is 0 Å². The van der Waals surface area contributed by atoms with Crippen molar-refractivity contribution in [1.82, 2.24) is 5.32 Å². The maximum Gasteiger partial charge on any atom is 0.0350 e. The molecule has 0 amide bonds. The van der Waals surface area contributed by atoms with Crippen LogP contribution in [-0.4, -0.2) is 24.0 Å². The van der Waals surface area contributed by atoms with Crippen LogP contribution in [0.4, 0.5) is 0 Å². The summed E-state index contributed by atoms with van der Waals surface area (Å²) in [4.78, 5) is 0. The Bertz CT molecular complexity index is 211. The number of hydrogen-bond donors (Lipinski definition) is 2. The van der Waals surface area contributed by atoms with E-state index in [2.05, 4.69) is 12.2 Å². The van der Waals surface area contributed by atoms with E-state index < -0.39 is 0 Å². The molecule has 1 saturated heterocycles. The van der Waals surface area contributed by atoms with Gasteiger partial charge in [-0.2, -0.15) is 0 Å². The molecule has 0 radical (unpaired) electrons. The van der Waals surface area contributed by atoms with Crippen LogP contribution in [-0.2, 0) is 0 Å². The van der Waals surface area contributed by atoms with Crippen molar-refractivity contribution in [3.05, 3.63) is 0 Å². The summed E-state index contributed by atoms with van der Waals surface area (Å²) >= 11 is 6.41. The van der Waals surface area contributed by atoms with E-state index >= 15 is 0 Å². The highest BCUT2D eigenvalue weighted by Gasteiger charge is 2.22. The Kier molecular flexibility index (Phi) is 9.93. The van der Waals surface area contributed by atoms with Crippen molar-refractivity contribution < 1.29 is 0 Å². The first kappa shape index (κ1) is 17.3. The van der Waals surface area contributed by atoms with Gasteiger partial charge in [0.15, 0.2) is 0 Å². The molecule has 0 aromatic carbocycles. The Morgan fingerprint density at radius 3 is 2.32 bits per heavy atom. The number of hydrogen-bond acceptors (Lipinski definition) is 2. The number of unbranched alkanes of at least 4 members (excludes halogenated alkanes) is 7. The molecule has 114 valence electrons. The standard InChI is InChI=1S/C16H33ClN2/c1-2-3-4-5-6-7-8-9-10-14(17)11-16-12-15(18)13-19-16/h14-16,19H,2-13,18H2,1H3. The summed E-state index contributed by atoms with van der Waals surface area (Å²) in [7, 11) is 0. The van der Waals surface area contributed by atoms with Crippen LogP contribution in [0.15, 0.2) is 0 Å². The molecule has 0 aromatic rings. The summed E-state index contributed by atoms with van der Waals surface area (Å²) in [5, 5.41) is 3.79. The minimum atomic E-state index is 0.336. The molecule has 19 heavy (non-hydrogen) atoms. The van der Waals surface area contributed by atoms with E-state index in [0.29, 0.717) is 17.5 Å². The molecular formula is C16H33ClN2. The van der Waals surface area contributed by atoms with Gasteiger partial charge in [-0.1, -0.05) is 58.3 Å². The molecule has 0 saturated carbocycles. The SMILES string of the molecule is CCCCCCCCCCC(Cl)CC1CC(N)CN1. The van der Waals surface area contributed by atoms with Gasteiger partial charge < -0.3 is 11.1 Å². The second-order valence-corrected chi connectivity index (χ2v) is 6.81. The fraction of sp³-hybridized carbons (Fsp3) is 1.00. The van der Waals surface area contributed by atoms with Crippen LogP contribution in [0.3, 0.4) is 0 Å². The zero-order chi connectivity index (χ0) is 13.9. The lowest BCUT2D eigenvalue weighted by Gasteiger charge is -2.15. The van der Waals surface area contributed by atoms with E-state index in [1.165, 1.54) is 57.8 Å². The summed E-state index contributed by atoms with van der Waals surface area (Å²) in [6, 6.07) is 0.906. The molecule has 0 aromatic heterocycles. The molecular weight excluding hydrogens is 256 g/mol. The molecule has 1 rings (SSSR count). The fourth-order valence-electron chi connectivity index (χ4n) is 2.96. The lowest BCUT2D eigenvalue weighted by molar-refractivity contribution is 0.501. The van der Waals surface area contributed by atoms with Gasteiger partial charge >= 0.3 is 0 Å². The summed E-state index contributed by atoms with van der Waals surface area (Å²) in [5.41, 5.74) is 5.88. The minimum absolute atomic E-state index is 0.336.